The van der Waals surface area contributed by atoms with Crippen LogP contribution in [0, 0.1) is 0 Å². The van der Waals surface area contributed by atoms with Crippen LogP contribution < -0.4 is 5.73 Å². The molecule has 0 aliphatic carbocycles. The molecular formula is C7H13NO2. The molecule has 0 fully saturated rings. The minimum Gasteiger partial charge on any atom is -0.465 e. The molecule has 0 bridgehead atoms. The molecule has 0 spiro atoms. The van der Waals surface area contributed by atoms with Gasteiger partial charge in [0.1, 0.15) is 6.04 Å². The number of hydrogen-bond acceptors (Lipinski definition) is 3. The van der Waals surface area contributed by atoms with Crippen molar-refractivity contribution in [2.75, 3.05) is 6.61 Å². The Morgan fingerprint density at radius 3 is 2.80 bits per heavy atom. The van der Waals surface area contributed by atoms with E-state index in [0.29, 0.717) is 6.61 Å². The zero-order valence-corrected chi connectivity index (χ0v) is 6.33. The maximum absolute atomic E-state index is 10.7. The van der Waals surface area contributed by atoms with Gasteiger partial charge in [0, 0.05) is 0 Å². The van der Waals surface area contributed by atoms with Crippen molar-refractivity contribution >= 4 is 5.97 Å². The van der Waals surface area contributed by atoms with Gasteiger partial charge in [0.2, 0.25) is 0 Å². The van der Waals surface area contributed by atoms with E-state index >= 15 is 0 Å². The molecule has 0 aromatic carbocycles. The average Bonchev–Trinajstić information content (AvgIpc) is 1.89. The highest BCUT2D eigenvalue weighted by atomic mass is 16.5. The second kappa shape index (κ2) is 4.99. The van der Waals surface area contributed by atoms with Crippen LogP contribution in [0.15, 0.2) is 12.2 Å². The van der Waals surface area contributed by atoms with Gasteiger partial charge < -0.3 is 10.5 Å². The molecule has 1 unspecified atom stereocenters. The maximum atomic E-state index is 10.7. The number of allylic oxidation sites excluding steroid dienone is 1. The van der Waals surface area contributed by atoms with Crippen LogP contribution in [0.25, 0.3) is 0 Å². The van der Waals surface area contributed by atoms with E-state index in [1.165, 1.54) is 0 Å². The van der Waals surface area contributed by atoms with E-state index in [2.05, 4.69) is 4.74 Å². The lowest BCUT2D eigenvalue weighted by Gasteiger charge is -2.04. The smallest absolute Gasteiger partial charge is 0.326 e. The molecule has 10 heavy (non-hydrogen) atoms. The molecule has 0 radical (unpaired) electrons. The van der Waals surface area contributed by atoms with Gasteiger partial charge in [0.15, 0.2) is 0 Å². The lowest BCUT2D eigenvalue weighted by Crippen LogP contribution is -2.29. The Morgan fingerprint density at radius 2 is 2.40 bits per heavy atom. The minimum atomic E-state index is -0.607. The van der Waals surface area contributed by atoms with Gasteiger partial charge in [-0.25, -0.2) is 0 Å². The summed E-state index contributed by atoms with van der Waals surface area (Å²) in [7, 11) is 0. The Kier molecular flexibility index (Phi) is 4.58. The summed E-state index contributed by atoms with van der Waals surface area (Å²) in [4.78, 5) is 10.7. The van der Waals surface area contributed by atoms with Crippen LogP contribution >= 0.6 is 0 Å². The van der Waals surface area contributed by atoms with Gasteiger partial charge >= 0.3 is 5.97 Å². The average molecular weight is 143 g/mol. The third-order valence-corrected chi connectivity index (χ3v) is 0.959. The highest BCUT2D eigenvalue weighted by molar-refractivity contribution is 5.77. The number of hydrogen-bond donors (Lipinski definition) is 1. The lowest BCUT2D eigenvalue weighted by molar-refractivity contribution is -0.143. The fourth-order valence-electron chi connectivity index (χ4n) is 0.524. The molecule has 0 rings (SSSR count). The summed E-state index contributed by atoms with van der Waals surface area (Å²) < 4.78 is 4.64. The van der Waals surface area contributed by atoms with Gasteiger partial charge in [-0.1, -0.05) is 12.2 Å². The van der Waals surface area contributed by atoms with Crippen molar-refractivity contribution in [3.8, 4) is 0 Å². The number of nitrogens with two attached hydrogens (primary N) is 1. The van der Waals surface area contributed by atoms with Gasteiger partial charge in [-0.3, -0.25) is 4.79 Å². The van der Waals surface area contributed by atoms with Crippen molar-refractivity contribution in [3.63, 3.8) is 0 Å². The summed E-state index contributed by atoms with van der Waals surface area (Å²) in [5.41, 5.74) is 5.35. The number of carbonyl (C=O) groups excluding carboxylic acids is 1. The van der Waals surface area contributed by atoms with Crippen LogP contribution in [0.3, 0.4) is 0 Å². The third-order valence-electron chi connectivity index (χ3n) is 0.959. The summed E-state index contributed by atoms with van der Waals surface area (Å²) in [6.45, 7) is 3.93. The first-order chi connectivity index (χ1) is 4.72. The van der Waals surface area contributed by atoms with Gasteiger partial charge in [0.05, 0.1) is 6.61 Å². The Hall–Kier alpha value is -0.830. The van der Waals surface area contributed by atoms with Gasteiger partial charge in [-0.05, 0) is 13.8 Å². The van der Waals surface area contributed by atoms with Crippen LogP contribution in [0.4, 0.5) is 0 Å². The van der Waals surface area contributed by atoms with E-state index in [4.69, 9.17) is 5.73 Å². The highest BCUT2D eigenvalue weighted by Crippen LogP contribution is 1.86. The molecule has 2 N–H and O–H groups in total. The first kappa shape index (κ1) is 9.17. The molecule has 0 aliphatic heterocycles. The lowest BCUT2D eigenvalue weighted by atomic mass is 10.3. The largest absolute Gasteiger partial charge is 0.465 e. The van der Waals surface area contributed by atoms with Crippen LogP contribution in [0.1, 0.15) is 13.8 Å². The van der Waals surface area contributed by atoms with Gasteiger partial charge in [-0.2, -0.15) is 0 Å². The summed E-state index contributed by atoms with van der Waals surface area (Å²) in [6, 6.07) is -0.607. The molecule has 0 aliphatic rings. The quantitative estimate of drug-likeness (QED) is 0.461. The molecule has 58 valence electrons. The Labute approximate surface area is 60.9 Å². The van der Waals surface area contributed by atoms with E-state index in [9.17, 15) is 4.79 Å². The molecule has 3 heteroatoms. The zero-order chi connectivity index (χ0) is 7.98. The zero-order valence-electron chi connectivity index (χ0n) is 6.33. The van der Waals surface area contributed by atoms with Crippen LogP contribution in [0.5, 0.6) is 0 Å². The normalized spacial score (nSPS) is 13.5. The van der Waals surface area contributed by atoms with Crippen LogP contribution in [-0.2, 0) is 9.53 Å². The fraction of sp³-hybridized carbons (Fsp3) is 0.571. The van der Waals surface area contributed by atoms with E-state index in [1.807, 2.05) is 0 Å². The SMILES string of the molecule is C/C=C\C(N)C(=O)OCC. The van der Waals surface area contributed by atoms with Crippen molar-refractivity contribution in [1.82, 2.24) is 0 Å². The Morgan fingerprint density at radius 1 is 1.80 bits per heavy atom. The number of carbonyl (C=O) groups is 1. The molecule has 1 atom stereocenters. The van der Waals surface area contributed by atoms with E-state index < -0.39 is 6.04 Å². The van der Waals surface area contributed by atoms with Crippen molar-refractivity contribution in [2.45, 2.75) is 19.9 Å². The van der Waals surface area contributed by atoms with E-state index in [-0.39, 0.29) is 5.97 Å². The maximum Gasteiger partial charge on any atom is 0.326 e. The first-order valence-corrected chi connectivity index (χ1v) is 3.27. The fourth-order valence-corrected chi connectivity index (χ4v) is 0.524. The topological polar surface area (TPSA) is 52.3 Å². The standard InChI is InChI=1S/C7H13NO2/c1-3-5-6(8)7(9)10-4-2/h3,5-6H,4,8H2,1-2H3/b5-3-. The highest BCUT2D eigenvalue weighted by Gasteiger charge is 2.08. The Balaban J connectivity index is 3.70. The van der Waals surface area contributed by atoms with Crippen molar-refractivity contribution in [3.05, 3.63) is 12.2 Å². The summed E-state index contributed by atoms with van der Waals surface area (Å²) in [5.74, 6) is -0.374. The number of ether oxygens (including phenoxy) is 1. The van der Waals surface area contributed by atoms with Gasteiger partial charge in [0.25, 0.3) is 0 Å². The molecule has 0 saturated heterocycles. The molecule has 0 saturated carbocycles. The molecule has 0 aromatic rings. The molecule has 0 heterocycles. The number of rotatable bonds is 3. The Bertz CT molecular complexity index is 132. The monoisotopic (exact) mass is 143 g/mol. The van der Waals surface area contributed by atoms with E-state index in [1.54, 1.807) is 26.0 Å². The third kappa shape index (κ3) is 3.25. The van der Waals surface area contributed by atoms with Crippen LogP contribution in [0.2, 0.25) is 0 Å². The minimum absolute atomic E-state index is 0.374. The summed E-state index contributed by atoms with van der Waals surface area (Å²) >= 11 is 0. The molecule has 3 nitrogen and oxygen atoms in total. The predicted octanol–water partition coefficient (Wildman–Crippen LogP) is 0.453. The molecular weight excluding hydrogens is 130 g/mol. The predicted molar refractivity (Wildman–Crippen MR) is 39.4 cm³/mol. The van der Waals surface area contributed by atoms with Crippen molar-refractivity contribution < 1.29 is 9.53 Å². The molecule has 0 amide bonds. The number of esters is 1. The first-order valence-electron chi connectivity index (χ1n) is 3.27. The summed E-state index contributed by atoms with van der Waals surface area (Å²) in [6.07, 6.45) is 3.32. The summed E-state index contributed by atoms with van der Waals surface area (Å²) in [5, 5.41) is 0. The van der Waals surface area contributed by atoms with Crippen LogP contribution in [-0.4, -0.2) is 18.6 Å². The van der Waals surface area contributed by atoms with Crippen molar-refractivity contribution in [1.29, 1.82) is 0 Å². The molecule has 0 aromatic heterocycles. The van der Waals surface area contributed by atoms with Gasteiger partial charge in [-0.15, -0.1) is 0 Å². The van der Waals surface area contributed by atoms with Crippen molar-refractivity contribution in [2.24, 2.45) is 5.73 Å². The second-order valence-electron chi connectivity index (χ2n) is 1.80. The second-order valence-corrected chi connectivity index (χ2v) is 1.80. The van der Waals surface area contributed by atoms with E-state index in [0.717, 1.165) is 0 Å².